The highest BCUT2D eigenvalue weighted by Crippen LogP contribution is 2.21. The molecule has 0 unspecified atom stereocenters. The molecule has 1 aliphatic heterocycles. The predicted octanol–water partition coefficient (Wildman–Crippen LogP) is 1.43. The largest absolute Gasteiger partial charge is 0.457 e. The zero-order chi connectivity index (χ0) is 6.85. The Morgan fingerprint density at radius 2 is 2.44 bits per heavy atom. The first-order chi connectivity index (χ1) is 4.25. The van der Waals surface area contributed by atoms with Crippen LogP contribution in [-0.4, -0.2) is 18.5 Å². The van der Waals surface area contributed by atoms with Gasteiger partial charge in [0, 0.05) is 11.5 Å². The highest BCUT2D eigenvalue weighted by Gasteiger charge is 2.20. The summed E-state index contributed by atoms with van der Waals surface area (Å²) in [5.41, 5.74) is 0.821. The third-order valence-electron chi connectivity index (χ3n) is 1.03. The van der Waals surface area contributed by atoms with Gasteiger partial charge in [0.05, 0.1) is 0 Å². The lowest BCUT2D eigenvalue weighted by atomic mass is 10.3. The van der Waals surface area contributed by atoms with Gasteiger partial charge in [-0.2, -0.15) is 0 Å². The van der Waals surface area contributed by atoms with E-state index in [0.29, 0.717) is 17.0 Å². The molecule has 1 heterocycles. The second-order valence-corrected chi connectivity index (χ2v) is 2.69. The van der Waals surface area contributed by atoms with Crippen molar-refractivity contribution in [3.63, 3.8) is 0 Å². The molecule has 0 bridgehead atoms. The molecule has 0 aliphatic carbocycles. The Labute approximate surface area is 65.9 Å². The van der Waals surface area contributed by atoms with Crippen LogP contribution in [0.5, 0.6) is 0 Å². The molecular formula is C5H4BrClO2. The van der Waals surface area contributed by atoms with Gasteiger partial charge in [-0.15, -0.1) is 11.6 Å². The van der Waals surface area contributed by atoms with Crippen molar-refractivity contribution < 1.29 is 9.53 Å². The Kier molecular flexibility index (Phi) is 2.13. The van der Waals surface area contributed by atoms with Crippen LogP contribution in [-0.2, 0) is 9.53 Å². The molecule has 0 N–H and O–H groups in total. The minimum Gasteiger partial charge on any atom is -0.457 e. The number of cyclic esters (lactones) is 1. The summed E-state index contributed by atoms with van der Waals surface area (Å²) in [6.45, 7) is 0.336. The van der Waals surface area contributed by atoms with Crippen LogP contribution in [0.1, 0.15) is 0 Å². The molecule has 0 amide bonds. The molecule has 0 saturated carbocycles. The molecule has 2 nitrogen and oxygen atoms in total. The van der Waals surface area contributed by atoms with Gasteiger partial charge in [0.15, 0.2) is 0 Å². The van der Waals surface area contributed by atoms with E-state index in [1.165, 1.54) is 0 Å². The fourth-order valence-corrected chi connectivity index (χ4v) is 1.26. The first-order valence-corrected chi connectivity index (χ1v) is 3.69. The number of carbonyl (C=O) groups excluding carboxylic acids is 1. The van der Waals surface area contributed by atoms with Gasteiger partial charge in [0.1, 0.15) is 11.1 Å². The van der Waals surface area contributed by atoms with Crippen LogP contribution in [0.2, 0.25) is 0 Å². The van der Waals surface area contributed by atoms with Crippen LogP contribution < -0.4 is 0 Å². The average molecular weight is 211 g/mol. The van der Waals surface area contributed by atoms with Crippen molar-refractivity contribution in [2.75, 3.05) is 12.5 Å². The molecule has 0 fully saturated rings. The number of alkyl halides is 1. The Balaban J connectivity index is 2.79. The van der Waals surface area contributed by atoms with E-state index in [9.17, 15) is 4.79 Å². The molecule has 50 valence electrons. The molecule has 1 aliphatic rings. The summed E-state index contributed by atoms with van der Waals surface area (Å²) >= 11 is 8.50. The van der Waals surface area contributed by atoms with Gasteiger partial charge >= 0.3 is 5.97 Å². The number of esters is 1. The fourth-order valence-electron chi connectivity index (χ4n) is 0.521. The van der Waals surface area contributed by atoms with Crippen molar-refractivity contribution in [2.45, 2.75) is 0 Å². The monoisotopic (exact) mass is 210 g/mol. The second-order valence-electron chi connectivity index (χ2n) is 1.63. The smallest absolute Gasteiger partial charge is 0.345 e. The maximum Gasteiger partial charge on any atom is 0.345 e. The third kappa shape index (κ3) is 1.27. The summed E-state index contributed by atoms with van der Waals surface area (Å²) in [6, 6.07) is 0. The van der Waals surface area contributed by atoms with Gasteiger partial charge in [0.2, 0.25) is 0 Å². The van der Waals surface area contributed by atoms with E-state index in [-0.39, 0.29) is 5.97 Å². The Bertz CT molecular complexity index is 176. The summed E-state index contributed by atoms with van der Waals surface area (Å²) < 4.78 is 5.11. The molecule has 0 atom stereocenters. The molecule has 0 aromatic heterocycles. The Morgan fingerprint density at radius 1 is 1.78 bits per heavy atom. The molecule has 0 aromatic rings. The third-order valence-corrected chi connectivity index (χ3v) is 2.24. The topological polar surface area (TPSA) is 26.3 Å². The van der Waals surface area contributed by atoms with E-state index in [1.54, 1.807) is 0 Å². The standard InChI is InChI=1S/C5H4BrClO2/c6-4-3(1-7)2-9-5(4)8/h1-2H2. The molecule has 0 aromatic carbocycles. The quantitative estimate of drug-likeness (QED) is 0.484. The molecule has 4 heteroatoms. The normalized spacial score (nSPS) is 18.7. The van der Waals surface area contributed by atoms with E-state index in [0.717, 1.165) is 5.57 Å². The van der Waals surface area contributed by atoms with Crippen LogP contribution in [0, 0.1) is 0 Å². The zero-order valence-electron chi connectivity index (χ0n) is 4.49. The van der Waals surface area contributed by atoms with Crippen molar-refractivity contribution in [2.24, 2.45) is 0 Å². The number of carbonyl (C=O) groups is 1. The van der Waals surface area contributed by atoms with Gasteiger partial charge in [-0.3, -0.25) is 0 Å². The van der Waals surface area contributed by atoms with Crippen LogP contribution in [0.4, 0.5) is 0 Å². The van der Waals surface area contributed by atoms with Gasteiger partial charge in [0.25, 0.3) is 0 Å². The summed E-state index contributed by atoms with van der Waals surface area (Å²) in [4.78, 5) is 10.6. The highest BCUT2D eigenvalue weighted by molar-refractivity contribution is 9.12. The maximum atomic E-state index is 10.6. The summed E-state index contributed by atoms with van der Waals surface area (Å²) in [5, 5.41) is 0. The Hall–Kier alpha value is -0.0200. The molecule has 0 spiro atoms. The number of rotatable bonds is 1. The summed E-state index contributed by atoms with van der Waals surface area (Å²) in [7, 11) is 0. The minimum absolute atomic E-state index is 0.314. The number of halogens is 2. The lowest BCUT2D eigenvalue weighted by Crippen LogP contribution is -1.93. The molecular weight excluding hydrogens is 207 g/mol. The van der Waals surface area contributed by atoms with Gasteiger partial charge in [-0.25, -0.2) is 4.79 Å². The van der Waals surface area contributed by atoms with Crippen molar-refractivity contribution >= 4 is 33.5 Å². The van der Waals surface area contributed by atoms with E-state index in [2.05, 4.69) is 20.7 Å². The molecule has 1 rings (SSSR count). The lowest BCUT2D eigenvalue weighted by Gasteiger charge is -1.88. The number of hydrogen-bond acceptors (Lipinski definition) is 2. The van der Waals surface area contributed by atoms with Crippen molar-refractivity contribution in [3.05, 3.63) is 10.1 Å². The van der Waals surface area contributed by atoms with Crippen LogP contribution in [0.25, 0.3) is 0 Å². The highest BCUT2D eigenvalue weighted by atomic mass is 79.9. The van der Waals surface area contributed by atoms with Gasteiger partial charge in [-0.1, -0.05) is 0 Å². The van der Waals surface area contributed by atoms with Crippen LogP contribution >= 0.6 is 27.5 Å². The molecule has 0 saturated heterocycles. The molecule has 9 heavy (non-hydrogen) atoms. The van der Waals surface area contributed by atoms with Gasteiger partial charge in [-0.05, 0) is 15.9 Å². The number of hydrogen-bond donors (Lipinski definition) is 0. The average Bonchev–Trinajstić information content (AvgIpc) is 2.15. The van der Waals surface area contributed by atoms with Crippen molar-refractivity contribution in [3.8, 4) is 0 Å². The zero-order valence-corrected chi connectivity index (χ0v) is 6.83. The van der Waals surface area contributed by atoms with Crippen molar-refractivity contribution in [1.82, 2.24) is 0 Å². The Morgan fingerprint density at radius 3 is 2.67 bits per heavy atom. The summed E-state index contributed by atoms with van der Waals surface area (Å²) in [5.74, 6) is 0.0393. The second kappa shape index (κ2) is 2.71. The van der Waals surface area contributed by atoms with E-state index < -0.39 is 0 Å². The SMILES string of the molecule is O=C1OCC(CCl)=C1Br. The first kappa shape index (κ1) is 7.09. The fraction of sp³-hybridized carbons (Fsp3) is 0.400. The minimum atomic E-state index is -0.314. The predicted molar refractivity (Wildman–Crippen MR) is 37.6 cm³/mol. The maximum absolute atomic E-state index is 10.6. The van der Waals surface area contributed by atoms with Crippen molar-refractivity contribution in [1.29, 1.82) is 0 Å². The van der Waals surface area contributed by atoms with E-state index in [4.69, 9.17) is 11.6 Å². The lowest BCUT2D eigenvalue weighted by molar-refractivity contribution is -0.135. The van der Waals surface area contributed by atoms with Gasteiger partial charge < -0.3 is 4.74 Å². The first-order valence-electron chi connectivity index (χ1n) is 2.36. The van der Waals surface area contributed by atoms with E-state index in [1.807, 2.05) is 0 Å². The molecule has 0 radical (unpaired) electrons. The summed E-state index contributed by atoms with van der Waals surface area (Å²) in [6.07, 6.45) is 0. The van der Waals surface area contributed by atoms with E-state index >= 15 is 0 Å². The van der Waals surface area contributed by atoms with Crippen LogP contribution in [0.15, 0.2) is 10.1 Å². The van der Waals surface area contributed by atoms with Crippen LogP contribution in [0.3, 0.4) is 0 Å². The number of ether oxygens (including phenoxy) is 1.